The van der Waals surface area contributed by atoms with Gasteiger partial charge in [-0.1, -0.05) is 18.2 Å². The van der Waals surface area contributed by atoms with E-state index in [1.807, 2.05) is 36.4 Å². The molecule has 6 heteroatoms. The Morgan fingerprint density at radius 2 is 2.16 bits per heavy atom. The molecule has 0 saturated carbocycles. The maximum absolute atomic E-state index is 12.4. The van der Waals surface area contributed by atoms with E-state index in [2.05, 4.69) is 10.6 Å². The van der Waals surface area contributed by atoms with Crippen molar-refractivity contribution in [1.29, 1.82) is 0 Å². The van der Waals surface area contributed by atoms with Gasteiger partial charge >= 0.3 is 0 Å². The molecule has 4 rings (SSSR count). The highest BCUT2D eigenvalue weighted by atomic mass is 16.5. The third kappa shape index (κ3) is 3.18. The SMILES string of the molecule is COc1cc2c(cc1NC(=O)CC1COCCN1)oc1ccccc12. The first kappa shape index (κ1) is 15.9. The molecule has 1 saturated heterocycles. The van der Waals surface area contributed by atoms with Crippen molar-refractivity contribution in [1.82, 2.24) is 5.32 Å². The summed E-state index contributed by atoms with van der Waals surface area (Å²) in [7, 11) is 1.59. The number of hydrogen-bond acceptors (Lipinski definition) is 5. The molecular formula is C19H20N2O4. The highest BCUT2D eigenvalue weighted by Crippen LogP contribution is 2.36. The van der Waals surface area contributed by atoms with E-state index in [-0.39, 0.29) is 11.9 Å². The van der Waals surface area contributed by atoms with Crippen LogP contribution in [-0.4, -0.2) is 38.8 Å². The summed E-state index contributed by atoms with van der Waals surface area (Å²) >= 11 is 0. The molecule has 1 fully saturated rings. The van der Waals surface area contributed by atoms with Crippen molar-refractivity contribution in [2.75, 3.05) is 32.2 Å². The first-order chi connectivity index (χ1) is 12.2. The molecule has 0 aliphatic carbocycles. The van der Waals surface area contributed by atoms with Gasteiger partial charge in [0, 0.05) is 35.8 Å². The van der Waals surface area contributed by atoms with Gasteiger partial charge in [-0.05, 0) is 12.1 Å². The summed E-state index contributed by atoms with van der Waals surface area (Å²) in [6.45, 7) is 2.01. The Morgan fingerprint density at radius 1 is 1.28 bits per heavy atom. The van der Waals surface area contributed by atoms with E-state index in [1.54, 1.807) is 7.11 Å². The van der Waals surface area contributed by atoms with Gasteiger partial charge in [0.05, 0.1) is 26.0 Å². The van der Waals surface area contributed by atoms with Gasteiger partial charge in [0.1, 0.15) is 16.9 Å². The Balaban J connectivity index is 1.61. The van der Waals surface area contributed by atoms with Gasteiger partial charge in [0.15, 0.2) is 0 Å². The van der Waals surface area contributed by atoms with Crippen LogP contribution in [0.1, 0.15) is 6.42 Å². The molecule has 6 nitrogen and oxygen atoms in total. The number of ether oxygens (including phenoxy) is 2. The van der Waals surface area contributed by atoms with Gasteiger partial charge in [-0.3, -0.25) is 4.79 Å². The largest absolute Gasteiger partial charge is 0.495 e. The minimum atomic E-state index is -0.0863. The predicted molar refractivity (Wildman–Crippen MR) is 96.1 cm³/mol. The average molecular weight is 340 g/mol. The highest BCUT2D eigenvalue weighted by Gasteiger charge is 2.19. The van der Waals surface area contributed by atoms with Crippen LogP contribution < -0.4 is 15.4 Å². The number of nitrogens with one attached hydrogen (secondary N) is 2. The maximum Gasteiger partial charge on any atom is 0.226 e. The van der Waals surface area contributed by atoms with Crippen molar-refractivity contribution in [3.05, 3.63) is 36.4 Å². The van der Waals surface area contributed by atoms with Crippen LogP contribution in [0.25, 0.3) is 21.9 Å². The highest BCUT2D eigenvalue weighted by molar-refractivity contribution is 6.07. The Labute approximate surface area is 145 Å². The van der Waals surface area contributed by atoms with Crippen molar-refractivity contribution in [2.24, 2.45) is 0 Å². The lowest BCUT2D eigenvalue weighted by Crippen LogP contribution is -2.43. The van der Waals surface area contributed by atoms with Crippen LogP contribution in [-0.2, 0) is 9.53 Å². The molecule has 1 unspecified atom stereocenters. The molecule has 1 amide bonds. The van der Waals surface area contributed by atoms with Crippen molar-refractivity contribution in [3.8, 4) is 5.75 Å². The molecule has 130 valence electrons. The normalized spacial score (nSPS) is 17.7. The number of methoxy groups -OCH3 is 1. The molecule has 1 atom stereocenters. The van der Waals surface area contributed by atoms with Gasteiger partial charge in [-0.25, -0.2) is 0 Å². The number of carbonyl (C=O) groups is 1. The maximum atomic E-state index is 12.4. The van der Waals surface area contributed by atoms with E-state index in [0.717, 1.165) is 28.5 Å². The summed E-state index contributed by atoms with van der Waals surface area (Å²) in [5, 5.41) is 8.19. The number of benzene rings is 2. The number of furan rings is 1. The molecule has 0 bridgehead atoms. The summed E-state index contributed by atoms with van der Waals surface area (Å²) in [6, 6.07) is 11.6. The molecule has 1 aliphatic heterocycles. The molecule has 2 N–H and O–H groups in total. The van der Waals surface area contributed by atoms with E-state index in [0.29, 0.717) is 31.1 Å². The standard InChI is InChI=1S/C19H20N2O4/c1-23-18-9-14-13-4-2-3-5-16(13)25-17(14)10-15(18)21-19(22)8-12-11-24-7-6-20-12/h2-5,9-10,12,20H,6-8,11H2,1H3,(H,21,22). The van der Waals surface area contributed by atoms with Crippen LogP contribution in [0.2, 0.25) is 0 Å². The molecule has 1 aromatic heterocycles. The van der Waals surface area contributed by atoms with Crippen LogP contribution >= 0.6 is 0 Å². The molecule has 25 heavy (non-hydrogen) atoms. The van der Waals surface area contributed by atoms with E-state index >= 15 is 0 Å². The third-order valence-electron chi connectivity index (χ3n) is 4.40. The first-order valence-corrected chi connectivity index (χ1v) is 8.35. The number of carbonyl (C=O) groups excluding carboxylic acids is 1. The zero-order valence-corrected chi connectivity index (χ0v) is 14.0. The van der Waals surface area contributed by atoms with Crippen LogP contribution in [0, 0.1) is 0 Å². The Bertz CT molecular complexity index is 912. The quantitative estimate of drug-likeness (QED) is 0.764. The monoisotopic (exact) mass is 340 g/mol. The topological polar surface area (TPSA) is 72.7 Å². The summed E-state index contributed by atoms with van der Waals surface area (Å²) in [5.74, 6) is 0.525. The second kappa shape index (κ2) is 6.74. The smallest absolute Gasteiger partial charge is 0.226 e. The van der Waals surface area contributed by atoms with Crippen molar-refractivity contribution in [3.63, 3.8) is 0 Å². The number of rotatable bonds is 4. The number of hydrogen-bond donors (Lipinski definition) is 2. The molecule has 3 aromatic rings. The molecule has 2 aromatic carbocycles. The number of morpholine rings is 1. The Kier molecular flexibility index (Phi) is 4.29. The summed E-state index contributed by atoms with van der Waals surface area (Å²) in [5.41, 5.74) is 2.14. The second-order valence-electron chi connectivity index (χ2n) is 6.13. The number of anilines is 1. The fourth-order valence-electron chi connectivity index (χ4n) is 3.19. The first-order valence-electron chi connectivity index (χ1n) is 8.35. The Morgan fingerprint density at radius 3 is 2.96 bits per heavy atom. The van der Waals surface area contributed by atoms with E-state index in [9.17, 15) is 4.79 Å². The molecule has 1 aliphatic rings. The minimum absolute atomic E-state index is 0.0367. The second-order valence-corrected chi connectivity index (χ2v) is 6.13. The lowest BCUT2D eigenvalue weighted by molar-refractivity contribution is -0.117. The number of fused-ring (bicyclic) bond motifs is 3. The van der Waals surface area contributed by atoms with E-state index < -0.39 is 0 Å². The Hall–Kier alpha value is -2.57. The number of para-hydroxylation sites is 1. The van der Waals surface area contributed by atoms with E-state index in [1.165, 1.54) is 0 Å². The summed E-state index contributed by atoms with van der Waals surface area (Å²) < 4.78 is 16.7. The lowest BCUT2D eigenvalue weighted by atomic mass is 10.1. The van der Waals surface area contributed by atoms with E-state index in [4.69, 9.17) is 13.9 Å². The van der Waals surface area contributed by atoms with Crippen molar-refractivity contribution in [2.45, 2.75) is 12.5 Å². The van der Waals surface area contributed by atoms with Gasteiger partial charge in [0.25, 0.3) is 0 Å². The van der Waals surface area contributed by atoms with Crippen LogP contribution in [0.5, 0.6) is 5.75 Å². The fraction of sp³-hybridized carbons (Fsp3) is 0.316. The summed E-state index contributed by atoms with van der Waals surface area (Å²) in [4.78, 5) is 12.4. The van der Waals surface area contributed by atoms with Crippen LogP contribution in [0.3, 0.4) is 0 Å². The van der Waals surface area contributed by atoms with Crippen molar-refractivity contribution < 1.29 is 18.7 Å². The minimum Gasteiger partial charge on any atom is -0.495 e. The summed E-state index contributed by atoms with van der Waals surface area (Å²) in [6.07, 6.45) is 0.349. The molecule has 2 heterocycles. The third-order valence-corrected chi connectivity index (χ3v) is 4.40. The van der Waals surface area contributed by atoms with Gasteiger partial charge in [0.2, 0.25) is 5.91 Å². The molecule has 0 radical (unpaired) electrons. The predicted octanol–water partition coefficient (Wildman–Crippen LogP) is 2.91. The average Bonchev–Trinajstić information content (AvgIpc) is 2.99. The molecule has 0 spiro atoms. The van der Waals surface area contributed by atoms with Crippen molar-refractivity contribution >= 4 is 33.5 Å². The van der Waals surface area contributed by atoms with Gasteiger partial charge in [-0.15, -0.1) is 0 Å². The number of amides is 1. The fourth-order valence-corrected chi connectivity index (χ4v) is 3.19. The zero-order valence-electron chi connectivity index (χ0n) is 14.0. The van der Waals surface area contributed by atoms with Gasteiger partial charge < -0.3 is 24.5 Å². The van der Waals surface area contributed by atoms with Gasteiger partial charge in [-0.2, -0.15) is 0 Å². The van der Waals surface area contributed by atoms with Crippen LogP contribution in [0.4, 0.5) is 5.69 Å². The zero-order chi connectivity index (χ0) is 17.2. The molecular weight excluding hydrogens is 320 g/mol. The van der Waals surface area contributed by atoms with Crippen LogP contribution in [0.15, 0.2) is 40.8 Å². The lowest BCUT2D eigenvalue weighted by Gasteiger charge is -2.23.